The minimum Gasteiger partial charge on any atom is -0.497 e. The predicted octanol–water partition coefficient (Wildman–Crippen LogP) is 1.52. The lowest BCUT2D eigenvalue weighted by Gasteiger charge is -2.34. The van der Waals surface area contributed by atoms with Crippen LogP contribution in [0.3, 0.4) is 0 Å². The molecule has 0 spiro atoms. The van der Waals surface area contributed by atoms with Crippen LogP contribution in [0.15, 0.2) is 53.4 Å². The molecule has 1 fully saturated rings. The van der Waals surface area contributed by atoms with Crippen LogP contribution in [0.1, 0.15) is 12.0 Å². The summed E-state index contributed by atoms with van der Waals surface area (Å²) in [7, 11) is -2.31. The highest BCUT2D eigenvalue weighted by Gasteiger charge is 2.34. The number of nitrogens with one attached hydrogen (secondary N) is 2. The number of methoxy groups -OCH3 is 1. The molecule has 1 aliphatic rings. The number of carbonyl (C=O) groups is 2. The molecule has 2 amide bonds. The van der Waals surface area contributed by atoms with Crippen LogP contribution >= 0.6 is 11.6 Å². The molecule has 0 aliphatic carbocycles. The second kappa shape index (κ2) is 10.8. The number of carbonyl (C=O) groups excluding carboxylic acids is 2. The van der Waals surface area contributed by atoms with E-state index >= 15 is 0 Å². The Labute approximate surface area is 191 Å². The number of hydrogen-bond donors (Lipinski definition) is 2. The van der Waals surface area contributed by atoms with Crippen LogP contribution in [-0.4, -0.2) is 57.6 Å². The Morgan fingerprint density at radius 1 is 1.09 bits per heavy atom. The summed E-state index contributed by atoms with van der Waals surface area (Å²) in [6, 6.07) is 12.8. The summed E-state index contributed by atoms with van der Waals surface area (Å²) in [5.41, 5.74) is 0.794. The highest BCUT2D eigenvalue weighted by molar-refractivity contribution is 7.89. The van der Waals surface area contributed by atoms with Gasteiger partial charge >= 0.3 is 11.8 Å². The van der Waals surface area contributed by atoms with Gasteiger partial charge in [0.15, 0.2) is 0 Å². The van der Waals surface area contributed by atoms with Gasteiger partial charge < -0.3 is 20.1 Å². The monoisotopic (exact) mass is 481 g/mol. The Bertz CT molecular complexity index is 1040. The summed E-state index contributed by atoms with van der Waals surface area (Å²) in [5, 5.41) is 5.39. The van der Waals surface area contributed by atoms with Crippen LogP contribution in [0.4, 0.5) is 0 Å². The normalized spacial score (nSPS) is 16.9. The van der Waals surface area contributed by atoms with Crippen molar-refractivity contribution in [3.05, 3.63) is 59.1 Å². The molecule has 0 saturated carbocycles. The summed E-state index contributed by atoms with van der Waals surface area (Å²) in [6.45, 7) is 0.570. The summed E-state index contributed by atoms with van der Waals surface area (Å²) >= 11 is 5.84. The van der Waals surface area contributed by atoms with E-state index in [1.165, 1.54) is 28.6 Å². The zero-order valence-electron chi connectivity index (χ0n) is 17.4. The van der Waals surface area contributed by atoms with E-state index in [4.69, 9.17) is 21.1 Å². The molecule has 11 heteroatoms. The minimum atomic E-state index is -3.86. The van der Waals surface area contributed by atoms with Crippen molar-refractivity contribution in [2.75, 3.05) is 26.8 Å². The Morgan fingerprint density at radius 2 is 1.75 bits per heavy atom. The topological polar surface area (TPSA) is 114 Å². The molecule has 9 nitrogen and oxygen atoms in total. The molecule has 2 N–H and O–H groups in total. The van der Waals surface area contributed by atoms with Gasteiger partial charge in [0.05, 0.1) is 25.2 Å². The average Bonchev–Trinajstić information content (AvgIpc) is 2.81. The van der Waals surface area contributed by atoms with Gasteiger partial charge in [0, 0.05) is 18.1 Å². The van der Waals surface area contributed by atoms with Gasteiger partial charge in [-0.3, -0.25) is 9.59 Å². The Balaban J connectivity index is 1.56. The second-order valence-electron chi connectivity index (χ2n) is 6.99. The summed E-state index contributed by atoms with van der Waals surface area (Å²) in [5.74, 6) is -1.02. The zero-order chi connectivity index (χ0) is 23.1. The molecule has 172 valence electrons. The Hall–Kier alpha value is -2.66. The molecule has 1 aliphatic heterocycles. The van der Waals surface area contributed by atoms with Crippen molar-refractivity contribution < 1.29 is 27.5 Å². The van der Waals surface area contributed by atoms with Crippen LogP contribution in [0.2, 0.25) is 5.02 Å². The number of sulfonamides is 1. The Morgan fingerprint density at radius 3 is 2.41 bits per heavy atom. The number of nitrogens with zero attached hydrogens (tertiary/aromatic N) is 1. The molecule has 1 unspecified atom stereocenters. The standard InChI is InChI=1S/C21H24ClN3O6S/c1-30-17-7-3-15(4-8-17)13-23-20(26)21(27)24-14-19-25(11-2-12-31-19)32(28,29)18-9-5-16(22)6-10-18/h3-10,19H,2,11-14H2,1H3,(H,23,26)(H,24,27). The van der Waals surface area contributed by atoms with E-state index in [2.05, 4.69) is 10.6 Å². The fourth-order valence-electron chi connectivity index (χ4n) is 3.11. The van der Waals surface area contributed by atoms with Gasteiger partial charge in [-0.2, -0.15) is 4.31 Å². The van der Waals surface area contributed by atoms with Crippen LogP contribution in [0.5, 0.6) is 5.75 Å². The second-order valence-corrected chi connectivity index (χ2v) is 9.32. The number of ether oxygens (including phenoxy) is 2. The fraction of sp³-hybridized carbons (Fsp3) is 0.333. The predicted molar refractivity (Wildman–Crippen MR) is 118 cm³/mol. The van der Waals surface area contributed by atoms with Gasteiger partial charge in [0.1, 0.15) is 12.0 Å². The fourth-order valence-corrected chi connectivity index (χ4v) is 4.80. The van der Waals surface area contributed by atoms with E-state index in [1.807, 2.05) is 0 Å². The van der Waals surface area contributed by atoms with E-state index < -0.39 is 28.1 Å². The third kappa shape index (κ3) is 5.98. The van der Waals surface area contributed by atoms with Crippen LogP contribution < -0.4 is 15.4 Å². The van der Waals surface area contributed by atoms with E-state index in [1.54, 1.807) is 31.4 Å². The molecule has 1 heterocycles. The van der Waals surface area contributed by atoms with Gasteiger partial charge in [-0.05, 0) is 48.4 Å². The van der Waals surface area contributed by atoms with Crippen molar-refractivity contribution in [1.82, 2.24) is 14.9 Å². The SMILES string of the molecule is COc1ccc(CNC(=O)C(=O)NCC2OCCCN2S(=O)(=O)c2ccc(Cl)cc2)cc1. The average molecular weight is 482 g/mol. The molecule has 1 atom stereocenters. The molecule has 3 rings (SSSR count). The third-order valence-electron chi connectivity index (χ3n) is 4.83. The number of benzene rings is 2. The highest BCUT2D eigenvalue weighted by Crippen LogP contribution is 2.23. The molecule has 32 heavy (non-hydrogen) atoms. The molecule has 0 bridgehead atoms. The number of rotatable bonds is 7. The lowest BCUT2D eigenvalue weighted by Crippen LogP contribution is -2.53. The minimum absolute atomic E-state index is 0.0703. The maximum Gasteiger partial charge on any atom is 0.309 e. The van der Waals surface area contributed by atoms with Crippen LogP contribution in [0, 0.1) is 0 Å². The summed E-state index contributed by atoms with van der Waals surface area (Å²) in [4.78, 5) is 24.4. The van der Waals surface area contributed by atoms with E-state index in [0.29, 0.717) is 23.8 Å². The quantitative estimate of drug-likeness (QED) is 0.579. The van der Waals surface area contributed by atoms with E-state index in [9.17, 15) is 18.0 Å². The van der Waals surface area contributed by atoms with Gasteiger partial charge in [0.25, 0.3) is 0 Å². The maximum absolute atomic E-state index is 13.0. The van der Waals surface area contributed by atoms with Gasteiger partial charge in [0.2, 0.25) is 10.0 Å². The van der Waals surface area contributed by atoms with Crippen LogP contribution in [-0.2, 0) is 30.9 Å². The molecular formula is C21H24ClN3O6S. The number of hydrogen-bond acceptors (Lipinski definition) is 6. The van der Waals surface area contributed by atoms with Crippen molar-refractivity contribution in [2.24, 2.45) is 0 Å². The van der Waals surface area contributed by atoms with Crippen molar-refractivity contribution in [2.45, 2.75) is 24.1 Å². The molecular weight excluding hydrogens is 458 g/mol. The van der Waals surface area contributed by atoms with Gasteiger partial charge in [-0.25, -0.2) is 8.42 Å². The first-order chi connectivity index (χ1) is 15.3. The molecule has 2 aromatic rings. The first kappa shape index (κ1) is 24.0. The van der Waals surface area contributed by atoms with Crippen molar-refractivity contribution in [3.8, 4) is 5.75 Å². The summed E-state index contributed by atoms with van der Waals surface area (Å²) in [6.07, 6.45) is -0.414. The van der Waals surface area contributed by atoms with Gasteiger partial charge in [-0.15, -0.1) is 0 Å². The largest absolute Gasteiger partial charge is 0.497 e. The lowest BCUT2D eigenvalue weighted by molar-refractivity contribution is -0.140. The molecule has 0 radical (unpaired) electrons. The van der Waals surface area contributed by atoms with Crippen molar-refractivity contribution >= 4 is 33.4 Å². The third-order valence-corrected chi connectivity index (χ3v) is 6.99. The molecule has 2 aromatic carbocycles. The zero-order valence-corrected chi connectivity index (χ0v) is 19.0. The van der Waals surface area contributed by atoms with Crippen molar-refractivity contribution in [1.29, 1.82) is 0 Å². The first-order valence-corrected chi connectivity index (χ1v) is 11.7. The first-order valence-electron chi connectivity index (χ1n) is 9.89. The molecule has 1 saturated heterocycles. The lowest BCUT2D eigenvalue weighted by atomic mass is 10.2. The van der Waals surface area contributed by atoms with E-state index in [0.717, 1.165) is 5.56 Å². The number of halogens is 1. The van der Waals surface area contributed by atoms with Crippen molar-refractivity contribution in [3.63, 3.8) is 0 Å². The van der Waals surface area contributed by atoms with E-state index in [-0.39, 0.29) is 24.5 Å². The van der Waals surface area contributed by atoms with Crippen LogP contribution in [0.25, 0.3) is 0 Å². The number of amides is 2. The Kier molecular flexibility index (Phi) is 8.08. The maximum atomic E-state index is 13.0. The molecule has 0 aromatic heterocycles. The highest BCUT2D eigenvalue weighted by atomic mass is 35.5. The smallest absolute Gasteiger partial charge is 0.309 e. The van der Waals surface area contributed by atoms with Gasteiger partial charge in [-0.1, -0.05) is 23.7 Å². The summed E-state index contributed by atoms with van der Waals surface area (Å²) < 4.78 is 37.8.